The number of esters is 1. The summed E-state index contributed by atoms with van der Waals surface area (Å²) in [7, 11) is 0. The topological polar surface area (TPSA) is 119 Å². The molecule has 8 nitrogen and oxygen atoms in total. The standard InChI is InChI=1S/C22H21NO7S/c1-14(23-30-15(2)26)21(27)20-9-8-19(12-17(20)13-25)31-18-6-4-16(5-7-18)22(28)29-11-3-10-24/h4-9,12-13,24H,3,10-11H2,1-2H3/b23-14+. The minimum Gasteiger partial charge on any atom is -0.462 e. The Balaban J connectivity index is 2.12. The minimum absolute atomic E-state index is 0.0470. The van der Waals surface area contributed by atoms with Gasteiger partial charge < -0.3 is 14.7 Å². The third kappa shape index (κ3) is 7.16. The summed E-state index contributed by atoms with van der Waals surface area (Å²) in [6.45, 7) is 2.65. The van der Waals surface area contributed by atoms with Crippen molar-refractivity contribution < 1.29 is 33.9 Å². The van der Waals surface area contributed by atoms with Crippen LogP contribution < -0.4 is 0 Å². The van der Waals surface area contributed by atoms with Crippen molar-refractivity contribution in [3.63, 3.8) is 0 Å². The molecular weight excluding hydrogens is 422 g/mol. The van der Waals surface area contributed by atoms with Gasteiger partial charge >= 0.3 is 11.9 Å². The van der Waals surface area contributed by atoms with Crippen molar-refractivity contribution in [1.82, 2.24) is 0 Å². The van der Waals surface area contributed by atoms with E-state index < -0.39 is 17.7 Å². The molecule has 0 fully saturated rings. The highest BCUT2D eigenvalue weighted by atomic mass is 32.2. The molecule has 2 aromatic rings. The quantitative estimate of drug-likeness (QED) is 0.113. The molecule has 0 aliphatic carbocycles. The van der Waals surface area contributed by atoms with Crippen LogP contribution in [0.15, 0.2) is 57.4 Å². The number of carbonyl (C=O) groups is 4. The van der Waals surface area contributed by atoms with Crippen molar-refractivity contribution in [2.24, 2.45) is 5.16 Å². The van der Waals surface area contributed by atoms with E-state index >= 15 is 0 Å². The zero-order chi connectivity index (χ0) is 22.8. The Labute approximate surface area is 183 Å². The van der Waals surface area contributed by atoms with Crippen LogP contribution in [0.1, 0.15) is 51.3 Å². The Bertz CT molecular complexity index is 999. The van der Waals surface area contributed by atoms with Crippen LogP contribution in [0.5, 0.6) is 0 Å². The first-order valence-corrected chi connectivity index (χ1v) is 10.1. The zero-order valence-corrected chi connectivity index (χ0v) is 17.8. The van der Waals surface area contributed by atoms with Crippen LogP contribution in [0.25, 0.3) is 0 Å². The Morgan fingerprint density at radius 2 is 1.74 bits per heavy atom. The highest BCUT2D eigenvalue weighted by molar-refractivity contribution is 7.99. The second kappa shape index (κ2) is 11.8. The van der Waals surface area contributed by atoms with E-state index in [0.717, 1.165) is 11.8 Å². The van der Waals surface area contributed by atoms with E-state index in [9.17, 15) is 19.2 Å². The summed E-state index contributed by atoms with van der Waals surface area (Å²) in [5.41, 5.74) is 0.657. The first-order chi connectivity index (χ1) is 14.8. The average molecular weight is 443 g/mol. The number of Topliss-reactive ketones (excluding diaryl/α,β-unsaturated/α-hetero) is 1. The summed E-state index contributed by atoms with van der Waals surface area (Å²) in [6.07, 6.45) is 0.953. The van der Waals surface area contributed by atoms with E-state index in [-0.39, 0.29) is 30.1 Å². The first-order valence-electron chi connectivity index (χ1n) is 9.27. The molecule has 0 bridgehead atoms. The average Bonchev–Trinajstić information content (AvgIpc) is 2.77. The SMILES string of the molecule is CC(=O)O/N=C(\C)C(=O)c1ccc(Sc2ccc(C(=O)OCCCO)cc2)cc1C=O. The van der Waals surface area contributed by atoms with E-state index in [2.05, 4.69) is 9.99 Å². The molecule has 2 aromatic carbocycles. The number of benzene rings is 2. The lowest BCUT2D eigenvalue weighted by atomic mass is 10.0. The van der Waals surface area contributed by atoms with Crippen LogP contribution in [-0.2, 0) is 14.4 Å². The van der Waals surface area contributed by atoms with Gasteiger partial charge in [0.1, 0.15) is 5.71 Å². The highest BCUT2D eigenvalue weighted by Gasteiger charge is 2.16. The van der Waals surface area contributed by atoms with Crippen LogP contribution in [0.4, 0.5) is 0 Å². The van der Waals surface area contributed by atoms with Gasteiger partial charge in [-0.05, 0) is 49.4 Å². The summed E-state index contributed by atoms with van der Waals surface area (Å²) < 4.78 is 5.03. The number of rotatable bonds is 10. The minimum atomic E-state index is -0.654. The molecule has 0 saturated heterocycles. The van der Waals surface area contributed by atoms with Gasteiger partial charge in [0.2, 0.25) is 5.78 Å². The summed E-state index contributed by atoms with van der Waals surface area (Å²) in [6, 6.07) is 11.5. The molecule has 0 aromatic heterocycles. The number of aldehydes is 1. The fourth-order valence-electron chi connectivity index (χ4n) is 2.39. The molecule has 0 aliphatic rings. The fraction of sp³-hybridized carbons (Fsp3) is 0.227. The molecule has 0 saturated carbocycles. The normalized spacial score (nSPS) is 11.0. The number of oxime groups is 1. The molecule has 2 rings (SSSR count). The smallest absolute Gasteiger partial charge is 0.338 e. The molecule has 0 aliphatic heterocycles. The number of aliphatic hydroxyl groups excluding tert-OH is 1. The van der Waals surface area contributed by atoms with Crippen molar-refractivity contribution in [3.05, 3.63) is 59.2 Å². The van der Waals surface area contributed by atoms with E-state index in [0.29, 0.717) is 23.2 Å². The lowest BCUT2D eigenvalue weighted by Crippen LogP contribution is -2.14. The van der Waals surface area contributed by atoms with Crippen molar-refractivity contribution in [3.8, 4) is 0 Å². The molecule has 162 valence electrons. The summed E-state index contributed by atoms with van der Waals surface area (Å²) in [5, 5.41) is 12.2. The molecule has 0 atom stereocenters. The van der Waals surface area contributed by atoms with Gasteiger partial charge in [-0.2, -0.15) is 0 Å². The van der Waals surface area contributed by atoms with Crippen molar-refractivity contribution in [2.75, 3.05) is 13.2 Å². The molecule has 31 heavy (non-hydrogen) atoms. The number of ether oxygens (including phenoxy) is 1. The number of carbonyl (C=O) groups excluding carboxylic acids is 4. The van der Waals surface area contributed by atoms with Crippen molar-refractivity contribution >= 4 is 41.5 Å². The highest BCUT2D eigenvalue weighted by Crippen LogP contribution is 2.29. The number of aliphatic hydroxyl groups is 1. The summed E-state index contributed by atoms with van der Waals surface area (Å²) in [5.74, 6) is -1.65. The predicted molar refractivity (Wildman–Crippen MR) is 114 cm³/mol. The second-order valence-corrected chi connectivity index (χ2v) is 7.44. The Morgan fingerprint density at radius 3 is 2.35 bits per heavy atom. The fourth-order valence-corrected chi connectivity index (χ4v) is 3.25. The van der Waals surface area contributed by atoms with Crippen LogP contribution in [0, 0.1) is 0 Å². The molecule has 0 radical (unpaired) electrons. The van der Waals surface area contributed by atoms with Crippen molar-refractivity contribution in [2.45, 2.75) is 30.1 Å². The first kappa shape index (κ1) is 24.0. The Kier molecular flexibility index (Phi) is 9.11. The Hall–Kier alpha value is -3.30. The third-order valence-electron chi connectivity index (χ3n) is 3.90. The number of ketones is 1. The van der Waals surface area contributed by atoms with Gasteiger partial charge in [0, 0.05) is 40.9 Å². The molecular formula is C22H21NO7S. The van der Waals surface area contributed by atoms with Gasteiger partial charge in [-0.3, -0.25) is 9.59 Å². The van der Waals surface area contributed by atoms with Gasteiger partial charge in [-0.1, -0.05) is 16.9 Å². The van der Waals surface area contributed by atoms with Gasteiger partial charge in [0.05, 0.1) is 12.2 Å². The van der Waals surface area contributed by atoms with E-state index in [1.807, 2.05) is 0 Å². The van der Waals surface area contributed by atoms with Crippen molar-refractivity contribution in [1.29, 1.82) is 0 Å². The van der Waals surface area contributed by atoms with Crippen LogP contribution >= 0.6 is 11.8 Å². The molecule has 9 heteroatoms. The van der Waals surface area contributed by atoms with E-state index in [1.54, 1.807) is 36.4 Å². The molecule has 0 amide bonds. The van der Waals surface area contributed by atoms with Crippen LogP contribution in [0.3, 0.4) is 0 Å². The molecule has 0 spiro atoms. The monoisotopic (exact) mass is 443 g/mol. The largest absolute Gasteiger partial charge is 0.462 e. The second-order valence-electron chi connectivity index (χ2n) is 6.30. The Morgan fingerprint density at radius 1 is 1.06 bits per heavy atom. The third-order valence-corrected chi connectivity index (χ3v) is 4.89. The molecule has 0 unspecified atom stereocenters. The van der Waals surface area contributed by atoms with E-state index in [1.165, 1.54) is 24.8 Å². The maximum atomic E-state index is 12.5. The van der Waals surface area contributed by atoms with Gasteiger partial charge in [-0.15, -0.1) is 0 Å². The van der Waals surface area contributed by atoms with Gasteiger partial charge in [-0.25, -0.2) is 9.59 Å². The van der Waals surface area contributed by atoms with Crippen LogP contribution in [0.2, 0.25) is 0 Å². The zero-order valence-electron chi connectivity index (χ0n) is 17.0. The number of hydrogen-bond donors (Lipinski definition) is 1. The number of nitrogens with zero attached hydrogens (tertiary/aromatic N) is 1. The summed E-state index contributed by atoms with van der Waals surface area (Å²) in [4.78, 5) is 52.7. The predicted octanol–water partition coefficient (Wildman–Crippen LogP) is 3.31. The maximum absolute atomic E-state index is 12.5. The molecule has 0 heterocycles. The van der Waals surface area contributed by atoms with Gasteiger partial charge in [0.15, 0.2) is 6.29 Å². The lowest BCUT2D eigenvalue weighted by Gasteiger charge is -2.08. The summed E-state index contributed by atoms with van der Waals surface area (Å²) >= 11 is 1.35. The molecule has 1 N–H and O–H groups in total. The van der Waals surface area contributed by atoms with Gasteiger partial charge in [0.25, 0.3) is 0 Å². The van der Waals surface area contributed by atoms with E-state index in [4.69, 9.17) is 9.84 Å². The van der Waals surface area contributed by atoms with Crippen LogP contribution in [-0.4, -0.2) is 48.0 Å². The maximum Gasteiger partial charge on any atom is 0.338 e. The lowest BCUT2D eigenvalue weighted by molar-refractivity contribution is -0.140. The number of hydrogen-bond acceptors (Lipinski definition) is 9.